The van der Waals surface area contributed by atoms with Crippen LogP contribution in [-0.2, 0) is 16.1 Å². The number of nitrogens with zero attached hydrogens (tertiary/aromatic N) is 2. The molecule has 7 nitrogen and oxygen atoms in total. The maximum atomic E-state index is 12.8. The summed E-state index contributed by atoms with van der Waals surface area (Å²) >= 11 is 0. The quantitative estimate of drug-likeness (QED) is 0.812. The van der Waals surface area contributed by atoms with Gasteiger partial charge in [0.2, 0.25) is 11.8 Å². The van der Waals surface area contributed by atoms with E-state index in [1.165, 1.54) is 12.8 Å². The Morgan fingerprint density at radius 1 is 1.15 bits per heavy atom. The van der Waals surface area contributed by atoms with Crippen molar-refractivity contribution in [3.8, 4) is 5.75 Å². The Bertz CT molecular complexity index is 770. The Kier molecular flexibility index (Phi) is 4.86. The monoisotopic (exact) mass is 371 g/mol. The molecule has 3 amide bonds. The Labute approximate surface area is 158 Å². The molecule has 3 aliphatic rings. The summed E-state index contributed by atoms with van der Waals surface area (Å²) in [4.78, 5) is 40.2. The number of likely N-dealkylation sites (tertiary alicyclic amines) is 1. The van der Waals surface area contributed by atoms with Gasteiger partial charge in [-0.15, -0.1) is 0 Å². The molecule has 0 aromatic heterocycles. The van der Waals surface area contributed by atoms with Crippen molar-refractivity contribution in [1.29, 1.82) is 0 Å². The fourth-order valence-electron chi connectivity index (χ4n) is 4.04. The number of imide groups is 1. The van der Waals surface area contributed by atoms with E-state index in [1.807, 2.05) is 12.1 Å². The fraction of sp³-hybridized carbons (Fsp3) is 0.550. The van der Waals surface area contributed by atoms with Crippen molar-refractivity contribution < 1.29 is 19.1 Å². The third-order valence-electron chi connectivity index (χ3n) is 5.82. The zero-order chi connectivity index (χ0) is 19.0. The van der Waals surface area contributed by atoms with E-state index in [1.54, 1.807) is 11.0 Å². The molecular weight excluding hydrogens is 346 g/mol. The van der Waals surface area contributed by atoms with Gasteiger partial charge in [-0.05, 0) is 37.3 Å². The zero-order valence-corrected chi connectivity index (χ0v) is 15.6. The van der Waals surface area contributed by atoms with E-state index in [9.17, 15) is 14.4 Å². The van der Waals surface area contributed by atoms with Gasteiger partial charge in [0.1, 0.15) is 18.5 Å². The number of fused-ring (bicyclic) bond motifs is 1. The van der Waals surface area contributed by atoms with Gasteiger partial charge in [0.25, 0.3) is 5.91 Å². The summed E-state index contributed by atoms with van der Waals surface area (Å²) in [5.74, 6) is 0.630. The minimum absolute atomic E-state index is 0.170. The van der Waals surface area contributed by atoms with Crippen LogP contribution in [0.4, 0.5) is 0 Å². The summed E-state index contributed by atoms with van der Waals surface area (Å²) in [6, 6.07) is 4.88. The van der Waals surface area contributed by atoms with Crippen LogP contribution in [0.2, 0.25) is 0 Å². The van der Waals surface area contributed by atoms with Crippen LogP contribution in [0.15, 0.2) is 18.2 Å². The molecule has 0 bridgehead atoms. The van der Waals surface area contributed by atoms with Crippen molar-refractivity contribution in [3.63, 3.8) is 0 Å². The molecular formula is C20H25N3O4. The third kappa shape index (κ3) is 3.56. The summed E-state index contributed by atoms with van der Waals surface area (Å²) < 4.78 is 6.04. The van der Waals surface area contributed by atoms with Gasteiger partial charge in [-0.25, -0.2) is 0 Å². The maximum absolute atomic E-state index is 12.8. The molecule has 1 N–H and O–H groups in total. The molecule has 1 aromatic rings. The van der Waals surface area contributed by atoms with Gasteiger partial charge in [0.15, 0.2) is 0 Å². The Morgan fingerprint density at radius 2 is 1.93 bits per heavy atom. The molecule has 2 saturated heterocycles. The number of ether oxygens (including phenoxy) is 1. The van der Waals surface area contributed by atoms with Crippen molar-refractivity contribution in [1.82, 2.24) is 15.1 Å². The Hall–Kier alpha value is -2.41. The molecule has 1 atom stereocenters. The number of benzene rings is 1. The molecule has 0 radical (unpaired) electrons. The summed E-state index contributed by atoms with van der Waals surface area (Å²) in [7, 11) is 0. The first kappa shape index (κ1) is 18.0. The summed E-state index contributed by atoms with van der Waals surface area (Å²) in [5, 5.41) is 2.33. The van der Waals surface area contributed by atoms with Crippen molar-refractivity contribution in [2.75, 3.05) is 19.8 Å². The normalized spacial score (nSPS) is 24.1. The molecule has 2 fully saturated rings. The average molecular weight is 371 g/mol. The van der Waals surface area contributed by atoms with Crippen molar-refractivity contribution >= 4 is 17.7 Å². The van der Waals surface area contributed by atoms with Crippen LogP contribution in [0.5, 0.6) is 5.75 Å². The molecule has 3 heterocycles. The topological polar surface area (TPSA) is 79.0 Å². The van der Waals surface area contributed by atoms with Crippen LogP contribution in [0.1, 0.15) is 48.5 Å². The highest BCUT2D eigenvalue weighted by Crippen LogP contribution is 2.33. The molecule has 0 aliphatic carbocycles. The molecule has 0 saturated carbocycles. The number of carbonyl (C=O) groups excluding carboxylic acids is 3. The SMILES string of the molecule is CC1CCN(COc2cccc3c2CN(C2CCC(=O)NC2=O)C3=O)CC1. The molecule has 1 aromatic carbocycles. The first-order valence-electron chi connectivity index (χ1n) is 9.64. The highest BCUT2D eigenvalue weighted by Gasteiger charge is 2.40. The lowest BCUT2D eigenvalue weighted by molar-refractivity contribution is -0.136. The van der Waals surface area contributed by atoms with E-state index in [0.29, 0.717) is 31.0 Å². The number of rotatable bonds is 4. The van der Waals surface area contributed by atoms with E-state index in [2.05, 4.69) is 17.1 Å². The molecule has 144 valence electrons. The molecule has 4 rings (SSSR count). The smallest absolute Gasteiger partial charge is 0.255 e. The number of amides is 3. The number of piperidine rings is 2. The Balaban J connectivity index is 1.46. The lowest BCUT2D eigenvalue weighted by atomic mass is 10.00. The minimum atomic E-state index is -0.598. The second-order valence-corrected chi connectivity index (χ2v) is 7.76. The van der Waals surface area contributed by atoms with E-state index in [-0.39, 0.29) is 18.2 Å². The highest BCUT2D eigenvalue weighted by atomic mass is 16.5. The van der Waals surface area contributed by atoms with Gasteiger partial charge in [-0.3, -0.25) is 24.6 Å². The number of nitrogens with one attached hydrogen (secondary N) is 1. The van der Waals surface area contributed by atoms with Crippen LogP contribution in [0, 0.1) is 5.92 Å². The summed E-state index contributed by atoms with van der Waals surface area (Å²) in [6.45, 7) is 5.18. The molecule has 7 heteroatoms. The van der Waals surface area contributed by atoms with Gasteiger partial charge in [0, 0.05) is 30.6 Å². The van der Waals surface area contributed by atoms with Gasteiger partial charge >= 0.3 is 0 Å². The summed E-state index contributed by atoms with van der Waals surface area (Å²) in [6.07, 6.45) is 2.98. The van der Waals surface area contributed by atoms with Crippen LogP contribution < -0.4 is 10.1 Å². The lowest BCUT2D eigenvalue weighted by Crippen LogP contribution is -2.52. The lowest BCUT2D eigenvalue weighted by Gasteiger charge is -2.30. The van der Waals surface area contributed by atoms with E-state index >= 15 is 0 Å². The summed E-state index contributed by atoms with van der Waals surface area (Å²) in [5.41, 5.74) is 1.42. The molecule has 1 unspecified atom stereocenters. The second kappa shape index (κ2) is 7.31. The first-order valence-corrected chi connectivity index (χ1v) is 9.64. The largest absolute Gasteiger partial charge is 0.478 e. The van der Waals surface area contributed by atoms with Crippen LogP contribution in [0.3, 0.4) is 0 Å². The average Bonchev–Trinajstić information content (AvgIpc) is 2.99. The minimum Gasteiger partial charge on any atom is -0.478 e. The van der Waals surface area contributed by atoms with Crippen molar-refractivity contribution in [2.24, 2.45) is 5.92 Å². The predicted molar refractivity (Wildman–Crippen MR) is 98.0 cm³/mol. The predicted octanol–water partition coefficient (Wildman–Crippen LogP) is 1.52. The van der Waals surface area contributed by atoms with Gasteiger partial charge in [-0.2, -0.15) is 0 Å². The maximum Gasteiger partial charge on any atom is 0.255 e. The van der Waals surface area contributed by atoms with Crippen LogP contribution >= 0.6 is 0 Å². The van der Waals surface area contributed by atoms with Gasteiger partial charge in [0.05, 0.1) is 6.54 Å². The zero-order valence-electron chi connectivity index (χ0n) is 15.6. The van der Waals surface area contributed by atoms with Crippen LogP contribution in [-0.4, -0.2) is 53.4 Å². The van der Waals surface area contributed by atoms with Crippen LogP contribution in [0.25, 0.3) is 0 Å². The fourth-order valence-corrected chi connectivity index (χ4v) is 4.04. The van der Waals surface area contributed by atoms with E-state index in [4.69, 9.17) is 4.74 Å². The molecule has 3 aliphatic heterocycles. The number of hydrogen-bond acceptors (Lipinski definition) is 5. The molecule has 0 spiro atoms. The van der Waals surface area contributed by atoms with Crippen molar-refractivity contribution in [3.05, 3.63) is 29.3 Å². The standard InChI is InChI=1S/C20H25N3O4/c1-13-7-9-22(10-8-13)12-27-17-4-2-3-14-15(17)11-23(20(14)26)16-5-6-18(24)21-19(16)25/h2-4,13,16H,5-12H2,1H3,(H,21,24,25). The molecule has 27 heavy (non-hydrogen) atoms. The second-order valence-electron chi connectivity index (χ2n) is 7.76. The van der Waals surface area contributed by atoms with E-state index < -0.39 is 11.9 Å². The highest BCUT2D eigenvalue weighted by molar-refractivity contribution is 6.05. The van der Waals surface area contributed by atoms with Gasteiger partial charge in [-0.1, -0.05) is 13.0 Å². The number of carbonyl (C=O) groups is 3. The van der Waals surface area contributed by atoms with Gasteiger partial charge < -0.3 is 9.64 Å². The van der Waals surface area contributed by atoms with Crippen molar-refractivity contribution in [2.45, 2.75) is 45.2 Å². The number of hydrogen-bond donors (Lipinski definition) is 1. The third-order valence-corrected chi connectivity index (χ3v) is 5.82. The first-order chi connectivity index (χ1) is 13.0. The Morgan fingerprint density at radius 3 is 2.67 bits per heavy atom. The van der Waals surface area contributed by atoms with E-state index in [0.717, 1.165) is 24.6 Å².